The molecular formula is C17H25BrN4O3. The van der Waals surface area contributed by atoms with Crippen LogP contribution in [0.5, 0.6) is 0 Å². The van der Waals surface area contributed by atoms with Crippen molar-refractivity contribution in [3.63, 3.8) is 0 Å². The molecule has 8 heteroatoms. The highest BCUT2D eigenvalue weighted by Gasteiger charge is 2.24. The van der Waals surface area contributed by atoms with Crippen molar-refractivity contribution < 1.29 is 15.1 Å². The van der Waals surface area contributed by atoms with Crippen molar-refractivity contribution in [2.75, 3.05) is 31.1 Å². The summed E-state index contributed by atoms with van der Waals surface area (Å²) in [6.45, 7) is 6.42. The molecule has 0 spiro atoms. The number of halogens is 1. The number of aromatic nitrogens is 1. The van der Waals surface area contributed by atoms with Crippen LogP contribution in [0.3, 0.4) is 0 Å². The van der Waals surface area contributed by atoms with Crippen LogP contribution in [0.25, 0.3) is 0 Å². The van der Waals surface area contributed by atoms with Crippen molar-refractivity contribution in [1.29, 1.82) is 0 Å². The van der Waals surface area contributed by atoms with E-state index in [1.165, 1.54) is 0 Å². The molecule has 2 heterocycles. The van der Waals surface area contributed by atoms with Gasteiger partial charge in [0.1, 0.15) is 11.9 Å². The van der Waals surface area contributed by atoms with Crippen LogP contribution < -0.4 is 10.4 Å². The molecule has 1 aromatic rings. The molecule has 1 aliphatic rings. The summed E-state index contributed by atoms with van der Waals surface area (Å²) >= 11 is 3.37. The van der Waals surface area contributed by atoms with E-state index >= 15 is 0 Å². The maximum Gasteiger partial charge on any atom is 0.225 e. The lowest BCUT2D eigenvalue weighted by molar-refractivity contribution is -0.133. The Morgan fingerprint density at radius 1 is 1.36 bits per heavy atom. The maximum atomic E-state index is 12.4. The Hall–Kier alpha value is -1.64. The molecule has 1 aliphatic heterocycles. The van der Waals surface area contributed by atoms with E-state index in [-0.39, 0.29) is 23.9 Å². The summed E-state index contributed by atoms with van der Waals surface area (Å²) in [5.41, 5.74) is 2.26. The lowest BCUT2D eigenvalue weighted by Gasteiger charge is -2.35. The Balaban J connectivity index is 1.87. The Labute approximate surface area is 156 Å². The van der Waals surface area contributed by atoms with Crippen molar-refractivity contribution in [2.45, 2.75) is 26.4 Å². The first kappa shape index (κ1) is 19.7. The summed E-state index contributed by atoms with van der Waals surface area (Å²) in [6, 6.07) is 3.89. The molecule has 1 unspecified atom stereocenters. The average Bonchev–Trinajstić information content (AvgIpc) is 2.60. The van der Waals surface area contributed by atoms with Gasteiger partial charge in [0.15, 0.2) is 0 Å². The normalized spacial score (nSPS) is 17.0. The molecule has 1 saturated heterocycles. The average molecular weight is 413 g/mol. The minimum atomic E-state index is -1.04. The maximum absolute atomic E-state index is 12.4. The zero-order valence-corrected chi connectivity index (χ0v) is 16.1. The summed E-state index contributed by atoms with van der Waals surface area (Å²) in [5.74, 6) is 0.921. The van der Waals surface area contributed by atoms with Gasteiger partial charge in [0, 0.05) is 36.8 Å². The lowest BCUT2D eigenvalue weighted by atomic mass is 10.1. The molecule has 138 valence electrons. The quantitative estimate of drug-likeness (QED) is 0.616. The molecule has 7 nitrogen and oxygen atoms in total. The number of carbonyl (C=O) groups excluding carboxylic acids is 1. The van der Waals surface area contributed by atoms with Gasteiger partial charge in [0.2, 0.25) is 5.91 Å². The smallest absolute Gasteiger partial charge is 0.225 e. The molecule has 1 fully saturated rings. The second kappa shape index (κ2) is 9.17. The van der Waals surface area contributed by atoms with Gasteiger partial charge in [-0.15, -0.1) is 0 Å². The van der Waals surface area contributed by atoms with Crippen molar-refractivity contribution in [3.8, 4) is 0 Å². The van der Waals surface area contributed by atoms with Crippen molar-refractivity contribution >= 4 is 27.7 Å². The lowest BCUT2D eigenvalue weighted by Crippen LogP contribution is -2.49. The van der Waals surface area contributed by atoms with Gasteiger partial charge in [-0.1, -0.05) is 19.9 Å². The highest BCUT2D eigenvalue weighted by atomic mass is 79.9. The molecule has 0 bridgehead atoms. The van der Waals surface area contributed by atoms with Gasteiger partial charge < -0.3 is 14.9 Å². The van der Waals surface area contributed by atoms with Crippen LogP contribution >= 0.6 is 15.9 Å². The predicted octanol–water partition coefficient (Wildman–Crippen LogP) is 1.76. The minimum absolute atomic E-state index is 0.0529. The predicted molar refractivity (Wildman–Crippen MR) is 99.2 cm³/mol. The van der Waals surface area contributed by atoms with Gasteiger partial charge in [-0.2, -0.15) is 0 Å². The summed E-state index contributed by atoms with van der Waals surface area (Å²) < 4.78 is 0.932. The number of carbonyl (C=O) groups is 1. The molecule has 1 aromatic heterocycles. The van der Waals surface area contributed by atoms with Crippen molar-refractivity contribution in [3.05, 3.63) is 34.6 Å². The fourth-order valence-corrected chi connectivity index (χ4v) is 2.96. The number of hydroxylamine groups is 1. The summed E-state index contributed by atoms with van der Waals surface area (Å²) in [5, 5.41) is 19.3. The van der Waals surface area contributed by atoms with E-state index < -0.39 is 6.10 Å². The van der Waals surface area contributed by atoms with E-state index in [2.05, 4.69) is 25.8 Å². The molecule has 3 N–H and O–H groups in total. The van der Waals surface area contributed by atoms with E-state index in [1.807, 2.05) is 31.5 Å². The van der Waals surface area contributed by atoms with Crippen LogP contribution in [-0.4, -0.2) is 58.4 Å². The van der Waals surface area contributed by atoms with E-state index in [1.54, 1.807) is 17.2 Å². The number of amides is 1. The number of hydrogen-bond donors (Lipinski definition) is 3. The zero-order chi connectivity index (χ0) is 18.4. The van der Waals surface area contributed by atoms with E-state index in [4.69, 9.17) is 5.21 Å². The minimum Gasteiger partial charge on any atom is -0.386 e. The van der Waals surface area contributed by atoms with Gasteiger partial charge in [-0.3, -0.25) is 15.5 Å². The van der Waals surface area contributed by atoms with E-state index in [0.717, 1.165) is 10.3 Å². The molecular weight excluding hydrogens is 388 g/mol. The molecule has 2 rings (SSSR count). The Bertz CT molecular complexity index is 598. The summed E-state index contributed by atoms with van der Waals surface area (Å²) in [7, 11) is 0. The monoisotopic (exact) mass is 412 g/mol. The first-order chi connectivity index (χ1) is 11.9. The number of aliphatic hydroxyl groups excluding tert-OH is 1. The number of anilines is 1. The van der Waals surface area contributed by atoms with Crippen LogP contribution in [-0.2, 0) is 4.79 Å². The van der Waals surface area contributed by atoms with Crippen LogP contribution in [0.2, 0.25) is 0 Å². The largest absolute Gasteiger partial charge is 0.386 e. The number of rotatable bonds is 6. The van der Waals surface area contributed by atoms with Crippen molar-refractivity contribution in [2.24, 2.45) is 5.92 Å². The number of nitrogens with one attached hydrogen (secondary N) is 1. The Morgan fingerprint density at radius 2 is 2.04 bits per heavy atom. The SMILES string of the molecule is CC(C)/C=C(/NO)C(O)CC(=O)N1CCN(c2ccc(Br)cn2)CC1. The number of nitrogens with zero attached hydrogens (tertiary/aromatic N) is 3. The Morgan fingerprint density at radius 3 is 2.56 bits per heavy atom. The van der Waals surface area contributed by atoms with E-state index in [0.29, 0.717) is 26.2 Å². The van der Waals surface area contributed by atoms with E-state index in [9.17, 15) is 9.90 Å². The number of piperazine rings is 1. The van der Waals surface area contributed by atoms with Crippen LogP contribution in [0.4, 0.5) is 5.82 Å². The van der Waals surface area contributed by atoms with Crippen LogP contribution in [0, 0.1) is 5.92 Å². The third-order valence-electron chi connectivity index (χ3n) is 4.04. The fraction of sp³-hybridized carbons (Fsp3) is 0.529. The fourth-order valence-electron chi connectivity index (χ4n) is 2.73. The number of pyridine rings is 1. The third kappa shape index (κ3) is 5.69. The Kier molecular flexibility index (Phi) is 7.22. The molecule has 0 saturated carbocycles. The first-order valence-corrected chi connectivity index (χ1v) is 9.14. The molecule has 0 aliphatic carbocycles. The van der Waals surface area contributed by atoms with Gasteiger partial charge >= 0.3 is 0 Å². The van der Waals surface area contributed by atoms with Gasteiger partial charge in [0.05, 0.1) is 12.1 Å². The highest BCUT2D eigenvalue weighted by Crippen LogP contribution is 2.17. The van der Waals surface area contributed by atoms with Crippen LogP contribution in [0.15, 0.2) is 34.6 Å². The molecule has 1 amide bonds. The third-order valence-corrected chi connectivity index (χ3v) is 4.51. The highest BCUT2D eigenvalue weighted by molar-refractivity contribution is 9.10. The second-order valence-electron chi connectivity index (χ2n) is 6.40. The molecule has 0 aromatic carbocycles. The van der Waals surface area contributed by atoms with Crippen molar-refractivity contribution in [1.82, 2.24) is 15.4 Å². The van der Waals surface area contributed by atoms with Gasteiger partial charge in [-0.05, 0) is 34.0 Å². The summed E-state index contributed by atoms with van der Waals surface area (Å²) in [6.07, 6.45) is 2.37. The first-order valence-electron chi connectivity index (χ1n) is 8.35. The number of allylic oxidation sites excluding steroid dienone is 1. The standard InChI is InChI=1S/C17H25BrN4O3/c1-12(2)9-14(20-25)15(23)10-17(24)22-7-5-21(6-8-22)16-4-3-13(18)11-19-16/h3-4,9,11-12,15,20,23,25H,5-8,10H2,1-2H3/b14-9+. The van der Waals surface area contributed by atoms with Gasteiger partial charge in [-0.25, -0.2) is 4.98 Å². The summed E-state index contributed by atoms with van der Waals surface area (Å²) in [4.78, 5) is 20.6. The molecule has 0 radical (unpaired) electrons. The number of hydrogen-bond acceptors (Lipinski definition) is 6. The molecule has 1 atom stereocenters. The second-order valence-corrected chi connectivity index (χ2v) is 7.32. The van der Waals surface area contributed by atoms with Gasteiger partial charge in [0.25, 0.3) is 0 Å². The zero-order valence-electron chi connectivity index (χ0n) is 14.5. The topological polar surface area (TPSA) is 88.9 Å². The molecule has 25 heavy (non-hydrogen) atoms. The van der Waals surface area contributed by atoms with Crippen LogP contribution in [0.1, 0.15) is 20.3 Å². The number of aliphatic hydroxyl groups is 1.